The van der Waals surface area contributed by atoms with Gasteiger partial charge >= 0.3 is 6.03 Å². The Bertz CT molecular complexity index is 988. The molecule has 5 nitrogen and oxygen atoms in total. The number of hydrogen-bond acceptors (Lipinski definition) is 3. The van der Waals surface area contributed by atoms with Crippen LogP contribution in [-0.4, -0.2) is 38.0 Å². The van der Waals surface area contributed by atoms with Crippen LogP contribution >= 0.6 is 11.6 Å². The summed E-state index contributed by atoms with van der Waals surface area (Å²) in [5.74, 6) is -0.0339. The van der Waals surface area contributed by atoms with Crippen LogP contribution in [0.4, 0.5) is 16.2 Å². The molecular weight excluding hydrogens is 372 g/mol. The van der Waals surface area contributed by atoms with Gasteiger partial charge in [0.2, 0.25) is 0 Å². The number of halogens is 1. The van der Waals surface area contributed by atoms with Crippen molar-refractivity contribution in [3.05, 3.63) is 58.6 Å². The second-order valence-electron chi connectivity index (χ2n) is 6.98. The third-order valence-corrected chi connectivity index (χ3v) is 7.19. The van der Waals surface area contributed by atoms with Crippen LogP contribution < -0.4 is 9.80 Å². The topological polar surface area (TPSA) is 57.7 Å². The number of anilines is 2. The van der Waals surface area contributed by atoms with Crippen LogP contribution in [0.3, 0.4) is 0 Å². The fourth-order valence-corrected chi connectivity index (χ4v) is 5.83. The molecule has 2 aromatic rings. The van der Waals surface area contributed by atoms with E-state index in [-0.39, 0.29) is 23.6 Å². The lowest BCUT2D eigenvalue weighted by Gasteiger charge is -2.23. The lowest BCUT2D eigenvalue weighted by Crippen LogP contribution is -2.37. The maximum Gasteiger partial charge on any atom is 0.329 e. The number of urea groups is 1. The van der Waals surface area contributed by atoms with Gasteiger partial charge in [0.25, 0.3) is 0 Å². The molecule has 0 saturated carbocycles. The van der Waals surface area contributed by atoms with Gasteiger partial charge in [0.05, 0.1) is 23.6 Å². The fourth-order valence-electron chi connectivity index (χ4n) is 3.78. The molecule has 0 radical (unpaired) electrons. The molecule has 26 heavy (non-hydrogen) atoms. The van der Waals surface area contributed by atoms with Crippen molar-refractivity contribution in [1.82, 2.24) is 0 Å². The lowest BCUT2D eigenvalue weighted by molar-refractivity contribution is 0.255. The predicted molar refractivity (Wildman–Crippen MR) is 104 cm³/mol. The third-order valence-electron chi connectivity index (χ3n) is 5.24. The Labute approximate surface area is 158 Å². The van der Waals surface area contributed by atoms with Crippen molar-refractivity contribution in [1.29, 1.82) is 0 Å². The quantitative estimate of drug-likeness (QED) is 0.736. The van der Waals surface area contributed by atoms with Gasteiger partial charge in [-0.1, -0.05) is 17.7 Å². The van der Waals surface area contributed by atoms with Gasteiger partial charge in [0, 0.05) is 16.4 Å². The molecule has 136 valence electrons. The van der Waals surface area contributed by atoms with Crippen LogP contribution in [0, 0.1) is 13.8 Å². The molecule has 0 spiro atoms. The summed E-state index contributed by atoms with van der Waals surface area (Å²) in [6.45, 7) is 3.99. The largest absolute Gasteiger partial charge is 0.329 e. The Balaban J connectivity index is 1.81. The van der Waals surface area contributed by atoms with Crippen molar-refractivity contribution >= 4 is 38.8 Å². The first-order valence-corrected chi connectivity index (χ1v) is 10.6. The monoisotopic (exact) mass is 390 g/mol. The van der Waals surface area contributed by atoms with Crippen LogP contribution in [0.5, 0.6) is 0 Å². The molecule has 2 aliphatic heterocycles. The number of benzene rings is 2. The standard InChI is InChI=1S/C19H19ClN2O3S/c1-12-3-6-16(9-13(12)2)22-18-11-26(24,25)10-17(18)21(19(22)23)15-7-4-14(20)5-8-15/h3-9,17-18H,10-11H2,1-2H3/t17-,18+/m0/s1. The first kappa shape index (κ1) is 17.4. The minimum atomic E-state index is -3.20. The summed E-state index contributed by atoms with van der Waals surface area (Å²) in [5, 5.41) is 0.571. The summed E-state index contributed by atoms with van der Waals surface area (Å²) in [7, 11) is -3.20. The van der Waals surface area contributed by atoms with Crippen LogP contribution in [0.25, 0.3) is 0 Å². The minimum Gasteiger partial charge on any atom is -0.288 e. The van der Waals surface area contributed by atoms with E-state index in [1.165, 1.54) is 0 Å². The summed E-state index contributed by atoms with van der Waals surface area (Å²) < 4.78 is 24.6. The Hall–Kier alpha value is -2.05. The number of sulfone groups is 1. The number of carbonyl (C=O) groups excluding carboxylic acids is 1. The average molecular weight is 391 g/mol. The van der Waals surface area contributed by atoms with Gasteiger partial charge in [-0.3, -0.25) is 9.80 Å². The molecule has 0 aromatic heterocycles. The second kappa shape index (κ2) is 5.99. The van der Waals surface area contributed by atoms with Gasteiger partial charge in [-0.05, 0) is 61.4 Å². The Morgan fingerprint density at radius 1 is 0.885 bits per heavy atom. The highest BCUT2D eigenvalue weighted by molar-refractivity contribution is 7.91. The van der Waals surface area contributed by atoms with E-state index in [1.807, 2.05) is 32.0 Å². The summed E-state index contributed by atoms with van der Waals surface area (Å²) in [6, 6.07) is 11.7. The highest BCUT2D eigenvalue weighted by Crippen LogP contribution is 2.38. The van der Waals surface area contributed by atoms with Gasteiger partial charge < -0.3 is 0 Å². The second-order valence-corrected chi connectivity index (χ2v) is 9.57. The molecule has 2 amide bonds. The predicted octanol–water partition coefficient (Wildman–Crippen LogP) is 3.57. The van der Waals surface area contributed by atoms with Gasteiger partial charge in [-0.15, -0.1) is 0 Å². The zero-order valence-corrected chi connectivity index (χ0v) is 16.1. The van der Waals surface area contributed by atoms with E-state index >= 15 is 0 Å². The normalized spacial score (nSPS) is 24.2. The Kier molecular flexibility index (Phi) is 4.00. The van der Waals surface area contributed by atoms with Crippen molar-refractivity contribution < 1.29 is 13.2 Å². The van der Waals surface area contributed by atoms with Crippen molar-refractivity contribution in [2.75, 3.05) is 21.3 Å². The first-order chi connectivity index (χ1) is 12.3. The summed E-state index contributed by atoms with van der Waals surface area (Å²) >= 11 is 5.96. The van der Waals surface area contributed by atoms with Gasteiger partial charge in [0.1, 0.15) is 0 Å². The van der Waals surface area contributed by atoms with Crippen molar-refractivity contribution in [3.63, 3.8) is 0 Å². The molecule has 2 aromatic carbocycles. The van der Waals surface area contributed by atoms with Crippen LogP contribution in [0.15, 0.2) is 42.5 Å². The lowest BCUT2D eigenvalue weighted by atomic mass is 10.1. The zero-order valence-electron chi connectivity index (χ0n) is 14.5. The van der Waals surface area contributed by atoms with Crippen molar-refractivity contribution in [3.8, 4) is 0 Å². The van der Waals surface area contributed by atoms with Crippen LogP contribution in [0.1, 0.15) is 11.1 Å². The summed E-state index contributed by atoms with van der Waals surface area (Å²) in [4.78, 5) is 16.5. The Morgan fingerprint density at radius 3 is 2.00 bits per heavy atom. The Morgan fingerprint density at radius 2 is 1.42 bits per heavy atom. The number of fused-ring (bicyclic) bond motifs is 1. The molecule has 2 saturated heterocycles. The molecule has 0 bridgehead atoms. The van der Waals surface area contributed by atoms with E-state index in [1.54, 1.807) is 34.1 Å². The summed E-state index contributed by atoms with van der Waals surface area (Å²) in [5.41, 5.74) is 3.60. The van der Waals surface area contributed by atoms with Gasteiger partial charge in [-0.2, -0.15) is 0 Å². The number of rotatable bonds is 2. The number of nitrogens with zero attached hydrogens (tertiary/aromatic N) is 2. The van der Waals surface area contributed by atoms with Crippen LogP contribution in [0.2, 0.25) is 5.02 Å². The van der Waals surface area contributed by atoms with Gasteiger partial charge in [0.15, 0.2) is 9.84 Å². The summed E-state index contributed by atoms with van der Waals surface area (Å²) in [6.07, 6.45) is 0. The number of aryl methyl sites for hydroxylation is 2. The van der Waals surface area contributed by atoms with E-state index in [9.17, 15) is 13.2 Å². The average Bonchev–Trinajstić information content (AvgIpc) is 3.00. The van der Waals surface area contributed by atoms with Crippen molar-refractivity contribution in [2.24, 2.45) is 0 Å². The fraction of sp³-hybridized carbons (Fsp3) is 0.316. The number of carbonyl (C=O) groups is 1. The van der Waals surface area contributed by atoms with E-state index in [0.717, 1.165) is 16.8 Å². The maximum atomic E-state index is 13.2. The minimum absolute atomic E-state index is 0.0135. The highest BCUT2D eigenvalue weighted by Gasteiger charge is 2.54. The van der Waals surface area contributed by atoms with E-state index in [2.05, 4.69) is 0 Å². The SMILES string of the molecule is Cc1ccc(N2C(=O)N(c3ccc(Cl)cc3)[C@H]3CS(=O)(=O)C[C@H]32)cc1C. The molecule has 0 N–H and O–H groups in total. The van der Waals surface area contributed by atoms with Gasteiger partial charge in [-0.25, -0.2) is 13.2 Å². The molecule has 4 rings (SSSR count). The highest BCUT2D eigenvalue weighted by atomic mass is 35.5. The molecule has 2 atom stereocenters. The number of hydrogen-bond donors (Lipinski definition) is 0. The molecule has 0 aliphatic carbocycles. The van der Waals surface area contributed by atoms with E-state index < -0.39 is 15.9 Å². The van der Waals surface area contributed by atoms with Crippen LogP contribution in [-0.2, 0) is 9.84 Å². The number of amides is 2. The van der Waals surface area contributed by atoms with E-state index in [0.29, 0.717) is 10.7 Å². The zero-order chi connectivity index (χ0) is 18.6. The third kappa shape index (κ3) is 2.77. The first-order valence-electron chi connectivity index (χ1n) is 8.42. The maximum absolute atomic E-state index is 13.2. The van der Waals surface area contributed by atoms with E-state index in [4.69, 9.17) is 11.6 Å². The molecule has 0 unspecified atom stereocenters. The molecule has 2 heterocycles. The molecular formula is C19H19ClN2O3S. The molecule has 2 aliphatic rings. The molecule has 2 fully saturated rings. The molecule has 7 heteroatoms. The van der Waals surface area contributed by atoms with Crippen molar-refractivity contribution in [2.45, 2.75) is 25.9 Å². The smallest absolute Gasteiger partial charge is 0.288 e.